The van der Waals surface area contributed by atoms with Gasteiger partial charge in [0.1, 0.15) is 0 Å². The maximum Gasteiger partial charge on any atom is 0.255 e. The monoisotopic (exact) mass is 324 g/mol. The van der Waals surface area contributed by atoms with E-state index in [2.05, 4.69) is 10.6 Å². The highest BCUT2D eigenvalue weighted by molar-refractivity contribution is 6.05. The highest BCUT2D eigenvalue weighted by atomic mass is 16.2. The lowest BCUT2D eigenvalue weighted by Crippen LogP contribution is -2.56. The van der Waals surface area contributed by atoms with E-state index in [1.54, 1.807) is 36.1 Å². The van der Waals surface area contributed by atoms with Crippen LogP contribution in [0.2, 0.25) is 0 Å². The van der Waals surface area contributed by atoms with Crippen molar-refractivity contribution in [1.82, 2.24) is 4.90 Å². The molecule has 0 bridgehead atoms. The van der Waals surface area contributed by atoms with Gasteiger partial charge in [0, 0.05) is 31.3 Å². The summed E-state index contributed by atoms with van der Waals surface area (Å²) < 4.78 is 0. The van der Waals surface area contributed by atoms with Gasteiger partial charge < -0.3 is 21.3 Å². The van der Waals surface area contributed by atoms with Crippen molar-refractivity contribution in [2.75, 3.05) is 29.5 Å². The van der Waals surface area contributed by atoms with Crippen molar-refractivity contribution in [3.63, 3.8) is 0 Å². The quantitative estimate of drug-likeness (QED) is 0.752. The molecule has 1 heterocycles. The summed E-state index contributed by atoms with van der Waals surface area (Å²) in [5.74, 6) is -0.105. The number of carbonyl (C=O) groups is 2. The summed E-state index contributed by atoms with van der Waals surface area (Å²) >= 11 is 0. The Morgan fingerprint density at radius 1 is 1.08 bits per heavy atom. The minimum Gasteiger partial charge on any atom is -0.397 e. The third-order valence-electron chi connectivity index (χ3n) is 4.05. The summed E-state index contributed by atoms with van der Waals surface area (Å²) in [5, 5.41) is 6.14. The molecule has 6 heteroatoms. The maximum absolute atomic E-state index is 12.3. The first-order valence-corrected chi connectivity index (χ1v) is 7.81. The number of para-hydroxylation sites is 2. The molecule has 0 unspecified atom stereocenters. The van der Waals surface area contributed by atoms with Gasteiger partial charge in [-0.2, -0.15) is 0 Å². The van der Waals surface area contributed by atoms with Gasteiger partial charge in [-0.1, -0.05) is 12.1 Å². The number of rotatable bonds is 4. The van der Waals surface area contributed by atoms with Crippen molar-refractivity contribution in [2.24, 2.45) is 0 Å². The van der Waals surface area contributed by atoms with Crippen LogP contribution in [0.25, 0.3) is 0 Å². The van der Waals surface area contributed by atoms with E-state index in [9.17, 15) is 9.59 Å². The Hall–Kier alpha value is -3.02. The number of nitrogens with two attached hydrogens (primary N) is 1. The Kier molecular flexibility index (Phi) is 4.37. The molecule has 1 aliphatic rings. The highest BCUT2D eigenvalue weighted by Crippen LogP contribution is 2.19. The van der Waals surface area contributed by atoms with Crippen LogP contribution in [0.15, 0.2) is 48.5 Å². The molecule has 124 valence electrons. The van der Waals surface area contributed by atoms with Crippen molar-refractivity contribution in [2.45, 2.75) is 13.0 Å². The fraction of sp³-hybridized carbons (Fsp3) is 0.222. The molecule has 2 aromatic carbocycles. The number of carbonyl (C=O) groups excluding carboxylic acids is 2. The van der Waals surface area contributed by atoms with Crippen molar-refractivity contribution < 1.29 is 9.59 Å². The minimum absolute atomic E-state index is 0.0975. The molecule has 3 rings (SSSR count). The summed E-state index contributed by atoms with van der Waals surface area (Å²) in [6.07, 6.45) is 0. The van der Waals surface area contributed by atoms with Gasteiger partial charge >= 0.3 is 0 Å². The minimum atomic E-state index is -0.203. The van der Waals surface area contributed by atoms with E-state index in [0.717, 1.165) is 5.69 Å². The molecule has 2 aromatic rings. The zero-order valence-electron chi connectivity index (χ0n) is 13.5. The largest absolute Gasteiger partial charge is 0.397 e. The summed E-state index contributed by atoms with van der Waals surface area (Å²) in [6, 6.07) is 14.7. The number of nitrogen functional groups attached to an aromatic ring is 1. The fourth-order valence-electron chi connectivity index (χ4n) is 2.59. The SMILES string of the molecule is CC(=O)N1CC(Nc2ccc(C(=O)Nc3ccccc3N)cc2)C1. The molecule has 0 saturated carbocycles. The van der Waals surface area contributed by atoms with E-state index in [4.69, 9.17) is 5.73 Å². The van der Waals surface area contributed by atoms with Gasteiger partial charge in [-0.25, -0.2) is 0 Å². The first-order valence-electron chi connectivity index (χ1n) is 7.81. The highest BCUT2D eigenvalue weighted by Gasteiger charge is 2.28. The van der Waals surface area contributed by atoms with E-state index < -0.39 is 0 Å². The van der Waals surface area contributed by atoms with Gasteiger partial charge in [0.25, 0.3) is 5.91 Å². The van der Waals surface area contributed by atoms with Crippen LogP contribution in [0.5, 0.6) is 0 Å². The average Bonchev–Trinajstić information content (AvgIpc) is 2.53. The Morgan fingerprint density at radius 3 is 2.38 bits per heavy atom. The summed E-state index contributed by atoms with van der Waals surface area (Å²) in [5.41, 5.74) is 8.45. The average molecular weight is 324 g/mol. The van der Waals surface area contributed by atoms with Gasteiger partial charge in [0.2, 0.25) is 5.91 Å². The van der Waals surface area contributed by atoms with Gasteiger partial charge in [-0.05, 0) is 36.4 Å². The smallest absolute Gasteiger partial charge is 0.255 e. The lowest BCUT2D eigenvalue weighted by molar-refractivity contribution is -0.132. The predicted octanol–water partition coefficient (Wildman–Crippen LogP) is 2.16. The van der Waals surface area contributed by atoms with E-state index in [1.807, 2.05) is 24.3 Å². The van der Waals surface area contributed by atoms with Gasteiger partial charge in [0.15, 0.2) is 0 Å². The van der Waals surface area contributed by atoms with Crippen LogP contribution in [0.3, 0.4) is 0 Å². The molecule has 1 fully saturated rings. The Labute approximate surface area is 140 Å². The zero-order valence-corrected chi connectivity index (χ0v) is 13.5. The molecule has 6 nitrogen and oxygen atoms in total. The second kappa shape index (κ2) is 6.62. The first-order chi connectivity index (χ1) is 11.5. The van der Waals surface area contributed by atoms with E-state index in [1.165, 1.54) is 0 Å². The van der Waals surface area contributed by atoms with Gasteiger partial charge in [-0.15, -0.1) is 0 Å². The zero-order chi connectivity index (χ0) is 17.1. The number of hydrogen-bond acceptors (Lipinski definition) is 4. The van der Waals surface area contributed by atoms with Crippen LogP contribution in [-0.2, 0) is 4.79 Å². The second-order valence-electron chi connectivity index (χ2n) is 5.88. The fourth-order valence-corrected chi connectivity index (χ4v) is 2.59. The summed E-state index contributed by atoms with van der Waals surface area (Å²) in [4.78, 5) is 25.2. The molecule has 0 spiro atoms. The Balaban J connectivity index is 1.57. The molecule has 24 heavy (non-hydrogen) atoms. The van der Waals surface area contributed by atoms with Crippen molar-refractivity contribution in [1.29, 1.82) is 0 Å². The normalized spacial score (nSPS) is 14.0. The van der Waals surface area contributed by atoms with Gasteiger partial charge in [0.05, 0.1) is 17.4 Å². The van der Waals surface area contributed by atoms with E-state index >= 15 is 0 Å². The lowest BCUT2D eigenvalue weighted by atomic mass is 10.1. The Bertz CT molecular complexity index is 752. The standard InChI is InChI=1S/C18H20N4O2/c1-12(23)22-10-15(11-22)20-14-8-6-13(7-9-14)18(24)21-17-5-3-2-4-16(17)19/h2-9,15,20H,10-11,19H2,1H3,(H,21,24). The number of likely N-dealkylation sites (tertiary alicyclic amines) is 1. The predicted molar refractivity (Wildman–Crippen MR) is 94.9 cm³/mol. The molecule has 0 atom stereocenters. The molecule has 1 aliphatic heterocycles. The molecule has 0 aliphatic carbocycles. The van der Waals surface area contributed by atoms with E-state index in [-0.39, 0.29) is 17.9 Å². The van der Waals surface area contributed by atoms with Crippen LogP contribution in [0, 0.1) is 0 Å². The molecular weight excluding hydrogens is 304 g/mol. The van der Waals surface area contributed by atoms with Crippen LogP contribution in [0.4, 0.5) is 17.1 Å². The summed E-state index contributed by atoms with van der Waals surface area (Å²) in [7, 11) is 0. The third kappa shape index (κ3) is 3.48. The molecule has 4 N–H and O–H groups in total. The number of nitrogens with one attached hydrogen (secondary N) is 2. The van der Waals surface area contributed by atoms with Gasteiger partial charge in [-0.3, -0.25) is 9.59 Å². The maximum atomic E-state index is 12.3. The van der Waals surface area contributed by atoms with Crippen LogP contribution >= 0.6 is 0 Å². The number of anilines is 3. The van der Waals surface area contributed by atoms with E-state index in [0.29, 0.717) is 30.0 Å². The second-order valence-corrected chi connectivity index (χ2v) is 5.88. The topological polar surface area (TPSA) is 87.5 Å². The van der Waals surface area contributed by atoms with Crippen LogP contribution in [0.1, 0.15) is 17.3 Å². The molecule has 0 aromatic heterocycles. The lowest BCUT2D eigenvalue weighted by Gasteiger charge is -2.39. The summed E-state index contributed by atoms with van der Waals surface area (Å²) in [6.45, 7) is 3.00. The van der Waals surface area contributed by atoms with Crippen molar-refractivity contribution in [3.05, 3.63) is 54.1 Å². The van der Waals surface area contributed by atoms with Crippen molar-refractivity contribution in [3.8, 4) is 0 Å². The first kappa shape index (κ1) is 15.9. The molecule has 2 amide bonds. The number of nitrogens with zero attached hydrogens (tertiary/aromatic N) is 1. The number of hydrogen-bond donors (Lipinski definition) is 3. The molecule has 1 saturated heterocycles. The number of amides is 2. The van der Waals surface area contributed by atoms with Crippen molar-refractivity contribution >= 4 is 28.9 Å². The Morgan fingerprint density at radius 2 is 1.75 bits per heavy atom. The molecular formula is C18H20N4O2. The van der Waals surface area contributed by atoms with Crippen LogP contribution in [-0.4, -0.2) is 35.8 Å². The third-order valence-corrected chi connectivity index (χ3v) is 4.05. The van der Waals surface area contributed by atoms with Crippen LogP contribution < -0.4 is 16.4 Å². The molecule has 0 radical (unpaired) electrons. The number of benzene rings is 2.